The number of methoxy groups -OCH3 is 1. The van der Waals surface area contributed by atoms with Gasteiger partial charge in [0.1, 0.15) is 18.0 Å². The Labute approximate surface area is 120 Å². The first-order valence-electron chi connectivity index (χ1n) is 5.72. The summed E-state index contributed by atoms with van der Waals surface area (Å²) in [4.78, 5) is 15.4. The van der Waals surface area contributed by atoms with E-state index < -0.39 is 5.97 Å². The molecule has 6 nitrogen and oxygen atoms in total. The Morgan fingerprint density at radius 1 is 1.50 bits per heavy atom. The molecular weight excluding hydrogens is 284 g/mol. The fraction of sp³-hybridized carbons (Fsp3) is 0.231. The van der Waals surface area contributed by atoms with Crippen molar-refractivity contribution in [3.63, 3.8) is 0 Å². The second-order valence-electron chi connectivity index (χ2n) is 4.03. The number of hydrogen-bond donors (Lipinski definition) is 1. The number of benzene rings is 1. The fourth-order valence-electron chi connectivity index (χ4n) is 1.70. The molecule has 0 aliphatic heterocycles. The zero-order chi connectivity index (χ0) is 14.7. The predicted molar refractivity (Wildman–Crippen MR) is 72.5 cm³/mol. The topological polar surface area (TPSA) is 73.6 Å². The van der Waals surface area contributed by atoms with Gasteiger partial charge in [0.05, 0.1) is 7.11 Å². The molecule has 0 spiro atoms. The summed E-state index contributed by atoms with van der Waals surface area (Å²) in [6.07, 6.45) is 3.41. The van der Waals surface area contributed by atoms with Crippen LogP contribution in [0.15, 0.2) is 24.5 Å². The lowest BCUT2D eigenvalue weighted by molar-refractivity contribution is 0.0690. The molecular formula is C13H13ClN2O4. The van der Waals surface area contributed by atoms with Gasteiger partial charge >= 0.3 is 5.97 Å². The van der Waals surface area contributed by atoms with Gasteiger partial charge < -0.3 is 19.1 Å². The van der Waals surface area contributed by atoms with Crippen LogP contribution in [0.4, 0.5) is 0 Å². The van der Waals surface area contributed by atoms with E-state index >= 15 is 0 Å². The molecule has 1 heterocycles. The number of carboxylic acids is 1. The molecule has 2 rings (SSSR count). The summed E-state index contributed by atoms with van der Waals surface area (Å²) in [5, 5.41) is 9.47. The third kappa shape index (κ3) is 2.85. The maximum atomic E-state index is 11.3. The zero-order valence-electron chi connectivity index (χ0n) is 11.0. The molecule has 0 aliphatic carbocycles. The molecule has 1 N–H and O–H groups in total. The number of halogens is 1. The molecule has 20 heavy (non-hydrogen) atoms. The van der Waals surface area contributed by atoms with E-state index in [9.17, 15) is 9.90 Å². The van der Waals surface area contributed by atoms with Crippen LogP contribution in [0.5, 0.6) is 11.5 Å². The lowest BCUT2D eigenvalue weighted by Crippen LogP contribution is -2.08. The van der Waals surface area contributed by atoms with Gasteiger partial charge in [0.2, 0.25) is 0 Å². The highest BCUT2D eigenvalue weighted by atomic mass is 35.5. The number of aromatic carboxylic acids is 1. The highest BCUT2D eigenvalue weighted by molar-refractivity contribution is 6.31. The number of hydrogen-bond acceptors (Lipinski definition) is 4. The Bertz CT molecular complexity index is 639. The SMILES string of the molecule is COc1cc(Cl)cc(C(=O)O)c1OCc1nccn1C. The maximum Gasteiger partial charge on any atom is 0.339 e. The van der Waals surface area contributed by atoms with Crippen LogP contribution in [0.2, 0.25) is 5.02 Å². The minimum atomic E-state index is -1.14. The number of aromatic nitrogens is 2. The minimum absolute atomic E-state index is 0.0523. The van der Waals surface area contributed by atoms with Crippen molar-refractivity contribution >= 4 is 17.6 Å². The highest BCUT2D eigenvalue weighted by Crippen LogP contribution is 2.35. The van der Waals surface area contributed by atoms with E-state index in [1.165, 1.54) is 19.2 Å². The van der Waals surface area contributed by atoms with Gasteiger partial charge in [-0.2, -0.15) is 0 Å². The van der Waals surface area contributed by atoms with Crippen molar-refractivity contribution in [2.24, 2.45) is 7.05 Å². The van der Waals surface area contributed by atoms with Crippen LogP contribution in [0.3, 0.4) is 0 Å². The number of carbonyl (C=O) groups is 1. The van der Waals surface area contributed by atoms with Gasteiger partial charge in [0, 0.05) is 30.5 Å². The van der Waals surface area contributed by atoms with Crippen LogP contribution in [-0.2, 0) is 13.7 Å². The molecule has 0 fully saturated rings. The predicted octanol–water partition coefficient (Wildman–Crippen LogP) is 2.36. The summed E-state index contributed by atoms with van der Waals surface area (Å²) in [6, 6.07) is 2.82. The molecule has 0 bridgehead atoms. The molecule has 2 aromatic rings. The number of nitrogens with zero attached hydrogens (tertiary/aromatic N) is 2. The summed E-state index contributed by atoms with van der Waals surface area (Å²) in [6.45, 7) is 0.127. The molecule has 0 saturated carbocycles. The summed E-state index contributed by atoms with van der Waals surface area (Å²) >= 11 is 5.85. The van der Waals surface area contributed by atoms with Crippen molar-refractivity contribution in [3.05, 3.63) is 40.9 Å². The molecule has 7 heteroatoms. The third-order valence-corrected chi connectivity index (χ3v) is 2.95. The summed E-state index contributed by atoms with van der Waals surface area (Å²) in [7, 11) is 3.24. The van der Waals surface area contributed by atoms with Crippen molar-refractivity contribution in [1.82, 2.24) is 9.55 Å². The van der Waals surface area contributed by atoms with Crippen molar-refractivity contribution < 1.29 is 19.4 Å². The van der Waals surface area contributed by atoms with Gasteiger partial charge in [-0.3, -0.25) is 0 Å². The van der Waals surface area contributed by atoms with Crippen LogP contribution in [-0.4, -0.2) is 27.7 Å². The van der Waals surface area contributed by atoms with Crippen molar-refractivity contribution in [2.45, 2.75) is 6.61 Å². The van der Waals surface area contributed by atoms with E-state index in [1.54, 1.807) is 17.0 Å². The number of aryl methyl sites for hydroxylation is 1. The van der Waals surface area contributed by atoms with Gasteiger partial charge in [0.25, 0.3) is 0 Å². The number of ether oxygens (including phenoxy) is 2. The molecule has 0 amide bonds. The molecule has 106 valence electrons. The number of imidazole rings is 1. The first-order chi connectivity index (χ1) is 9.52. The number of rotatable bonds is 5. The van der Waals surface area contributed by atoms with Crippen LogP contribution >= 0.6 is 11.6 Å². The van der Waals surface area contributed by atoms with Crippen molar-refractivity contribution in [2.75, 3.05) is 7.11 Å². The molecule has 0 atom stereocenters. The van der Waals surface area contributed by atoms with Crippen LogP contribution in [0.25, 0.3) is 0 Å². The Hall–Kier alpha value is -2.21. The van der Waals surface area contributed by atoms with Gasteiger partial charge in [-0.1, -0.05) is 11.6 Å². The molecule has 1 aromatic carbocycles. The highest BCUT2D eigenvalue weighted by Gasteiger charge is 2.19. The fourth-order valence-corrected chi connectivity index (χ4v) is 1.91. The average molecular weight is 297 g/mol. The van der Waals surface area contributed by atoms with E-state index in [0.717, 1.165) is 0 Å². The van der Waals surface area contributed by atoms with E-state index in [2.05, 4.69) is 4.98 Å². The third-order valence-electron chi connectivity index (χ3n) is 2.74. The van der Waals surface area contributed by atoms with E-state index in [1.807, 2.05) is 7.05 Å². The normalized spacial score (nSPS) is 10.3. The van der Waals surface area contributed by atoms with Crippen LogP contribution < -0.4 is 9.47 Å². The van der Waals surface area contributed by atoms with E-state index in [4.69, 9.17) is 21.1 Å². The Morgan fingerprint density at radius 2 is 2.25 bits per heavy atom. The van der Waals surface area contributed by atoms with Gasteiger partial charge in [0.15, 0.2) is 11.5 Å². The second kappa shape index (κ2) is 5.83. The van der Waals surface area contributed by atoms with Gasteiger partial charge in [-0.05, 0) is 6.07 Å². The first-order valence-corrected chi connectivity index (χ1v) is 6.10. The molecule has 0 aliphatic rings. The summed E-state index contributed by atoms with van der Waals surface area (Å²) in [5.74, 6) is -0.0736. The molecule has 0 radical (unpaired) electrons. The van der Waals surface area contributed by atoms with Gasteiger partial charge in [-0.15, -0.1) is 0 Å². The average Bonchev–Trinajstić information content (AvgIpc) is 2.81. The Kier molecular flexibility index (Phi) is 4.14. The second-order valence-corrected chi connectivity index (χ2v) is 4.47. The maximum absolute atomic E-state index is 11.3. The minimum Gasteiger partial charge on any atom is -0.493 e. The van der Waals surface area contributed by atoms with Crippen molar-refractivity contribution in [1.29, 1.82) is 0 Å². The van der Waals surface area contributed by atoms with Gasteiger partial charge in [-0.25, -0.2) is 9.78 Å². The summed E-state index contributed by atoms with van der Waals surface area (Å²) < 4.78 is 12.5. The monoisotopic (exact) mass is 296 g/mol. The molecule has 1 aromatic heterocycles. The van der Waals surface area contributed by atoms with Crippen LogP contribution in [0.1, 0.15) is 16.2 Å². The van der Waals surface area contributed by atoms with Crippen LogP contribution in [0, 0.1) is 0 Å². The largest absolute Gasteiger partial charge is 0.493 e. The van der Waals surface area contributed by atoms with E-state index in [-0.39, 0.29) is 28.7 Å². The number of carboxylic acid groups (broad SMARTS) is 1. The first kappa shape index (κ1) is 14.2. The molecule has 0 unspecified atom stereocenters. The Morgan fingerprint density at radius 3 is 2.80 bits per heavy atom. The Balaban J connectivity index is 2.34. The smallest absolute Gasteiger partial charge is 0.339 e. The summed E-state index contributed by atoms with van der Waals surface area (Å²) in [5.41, 5.74) is -0.0523. The van der Waals surface area contributed by atoms with E-state index in [0.29, 0.717) is 5.82 Å². The quantitative estimate of drug-likeness (QED) is 0.917. The standard InChI is InChI=1S/C13H13ClN2O4/c1-16-4-3-15-11(16)7-20-12-9(13(17)18)5-8(14)6-10(12)19-2/h3-6H,7H2,1-2H3,(H,17,18). The molecule has 0 saturated heterocycles. The zero-order valence-corrected chi connectivity index (χ0v) is 11.7. The lowest BCUT2D eigenvalue weighted by atomic mass is 10.2. The van der Waals surface area contributed by atoms with Crippen molar-refractivity contribution in [3.8, 4) is 11.5 Å². The lowest BCUT2D eigenvalue weighted by Gasteiger charge is -2.13.